The number of aliphatic carboxylic acids is 1. The minimum atomic E-state index is -1.19. The fourth-order valence-electron chi connectivity index (χ4n) is 2.24. The van der Waals surface area contributed by atoms with Gasteiger partial charge >= 0.3 is 92.4 Å². The molecule has 0 unspecified atom stereocenters. The van der Waals surface area contributed by atoms with Crippen molar-refractivity contribution in [1.82, 2.24) is 0 Å². The molecule has 1 rings (SSSR count). The predicted molar refractivity (Wildman–Crippen MR) is 121 cm³/mol. The summed E-state index contributed by atoms with van der Waals surface area (Å²) >= 11 is -0.839. The molecule has 0 saturated heterocycles. The van der Waals surface area contributed by atoms with Crippen LogP contribution in [-0.4, -0.2) is 25.7 Å². The molecule has 0 aliphatic rings. The third-order valence-electron chi connectivity index (χ3n) is 4.04. The zero-order chi connectivity index (χ0) is 20.9. The number of carbonyl (C=O) groups excluding carboxylic acids is 1. The molecule has 0 aliphatic carbocycles. The SMILES string of the molecule is C=C(C)C(=O)[O-].C=Cc1ccccc1.CCC[CH2][Sn+]([CH2]CCC)[CH2]CCC. The molecular formula is C24H40O2Sn. The van der Waals surface area contributed by atoms with Gasteiger partial charge in [-0.05, 0) is 18.1 Å². The summed E-state index contributed by atoms with van der Waals surface area (Å²) in [6.45, 7) is 15.1. The van der Waals surface area contributed by atoms with Crippen molar-refractivity contribution in [3.8, 4) is 0 Å². The van der Waals surface area contributed by atoms with Crippen LogP contribution in [0.5, 0.6) is 0 Å². The van der Waals surface area contributed by atoms with E-state index < -0.39 is 25.7 Å². The third kappa shape index (κ3) is 21.1. The number of hydrogen-bond donors (Lipinski definition) is 0. The number of rotatable bonds is 11. The van der Waals surface area contributed by atoms with Crippen LogP contribution in [0.25, 0.3) is 6.08 Å². The van der Waals surface area contributed by atoms with Crippen LogP contribution in [0.3, 0.4) is 0 Å². The summed E-state index contributed by atoms with van der Waals surface area (Å²) in [5.41, 5.74) is 1.24. The maximum absolute atomic E-state index is 9.49. The van der Waals surface area contributed by atoms with Crippen molar-refractivity contribution >= 4 is 31.8 Å². The number of hydrogen-bond acceptors (Lipinski definition) is 2. The van der Waals surface area contributed by atoms with Crippen LogP contribution >= 0.6 is 0 Å². The van der Waals surface area contributed by atoms with E-state index in [-0.39, 0.29) is 5.57 Å². The molecule has 0 bridgehead atoms. The topological polar surface area (TPSA) is 40.1 Å². The summed E-state index contributed by atoms with van der Waals surface area (Å²) in [5, 5.41) is 9.49. The maximum atomic E-state index is 9.49. The van der Waals surface area contributed by atoms with Crippen molar-refractivity contribution in [3.05, 3.63) is 54.6 Å². The third-order valence-corrected chi connectivity index (χ3v) is 13.1. The Bertz CT molecular complexity index is 451. The Morgan fingerprint density at radius 3 is 1.56 bits per heavy atom. The molecule has 152 valence electrons. The molecule has 27 heavy (non-hydrogen) atoms. The first-order chi connectivity index (χ1) is 12.9. The van der Waals surface area contributed by atoms with Crippen LogP contribution in [0.2, 0.25) is 13.3 Å². The van der Waals surface area contributed by atoms with Crippen LogP contribution in [0.4, 0.5) is 0 Å². The van der Waals surface area contributed by atoms with Gasteiger partial charge in [0.15, 0.2) is 0 Å². The van der Waals surface area contributed by atoms with E-state index in [1.165, 1.54) is 51.0 Å². The van der Waals surface area contributed by atoms with E-state index in [1.807, 2.05) is 36.4 Å². The average Bonchev–Trinajstić information content (AvgIpc) is 2.69. The van der Waals surface area contributed by atoms with Crippen molar-refractivity contribution in [3.63, 3.8) is 0 Å². The molecule has 0 heterocycles. The fraction of sp³-hybridized carbons (Fsp3) is 0.542. The Kier molecular flexibility index (Phi) is 22.2. The summed E-state index contributed by atoms with van der Waals surface area (Å²) in [7, 11) is 0. The standard InChI is InChI=1S/C8H8.C4H6O2.3C4H9.Sn/c1-2-8-6-4-3-5-7-8;1-3(2)4(5)6;3*1-3-4-2;/h2-7H,1H2;1H2,2H3,(H,5,6);3*1,3-4H2,2H3;/q;;;;;+1/p-1. The van der Waals surface area contributed by atoms with Crippen molar-refractivity contribution in [2.24, 2.45) is 0 Å². The van der Waals surface area contributed by atoms with Gasteiger partial charge in [0.2, 0.25) is 0 Å². The Morgan fingerprint density at radius 2 is 1.33 bits per heavy atom. The molecule has 1 aromatic carbocycles. The van der Waals surface area contributed by atoms with E-state index in [0.29, 0.717) is 0 Å². The number of carboxylic acid groups (broad SMARTS) is 1. The first-order valence-corrected chi connectivity index (χ1v) is 16.4. The molecule has 0 N–H and O–H groups in total. The minimum absolute atomic E-state index is 0.0648. The van der Waals surface area contributed by atoms with Crippen molar-refractivity contribution < 1.29 is 9.90 Å². The zero-order valence-electron chi connectivity index (χ0n) is 18.1. The van der Waals surface area contributed by atoms with Gasteiger partial charge in [0.05, 0.1) is 5.97 Å². The Morgan fingerprint density at radius 1 is 0.963 bits per heavy atom. The van der Waals surface area contributed by atoms with Crippen LogP contribution < -0.4 is 5.11 Å². The summed E-state index contributed by atoms with van der Waals surface area (Å²) in [6.07, 6.45) is 10.7. The molecule has 0 aromatic heterocycles. The second kappa shape index (κ2) is 21.3. The van der Waals surface area contributed by atoms with Gasteiger partial charge in [0, 0.05) is 0 Å². The Balaban J connectivity index is 0. The average molecular weight is 479 g/mol. The molecule has 0 spiro atoms. The summed E-state index contributed by atoms with van der Waals surface area (Å²) in [4.78, 5) is 9.49. The van der Waals surface area contributed by atoms with Gasteiger partial charge in [0.25, 0.3) is 0 Å². The molecule has 1 aromatic rings. The van der Waals surface area contributed by atoms with Crippen LogP contribution in [0.1, 0.15) is 71.8 Å². The molecular weight excluding hydrogens is 439 g/mol. The Labute approximate surface area is 175 Å². The monoisotopic (exact) mass is 480 g/mol. The number of carbonyl (C=O) groups is 1. The van der Waals surface area contributed by atoms with Gasteiger partial charge in [-0.2, -0.15) is 0 Å². The normalized spacial score (nSPS) is 9.19. The van der Waals surface area contributed by atoms with Crippen molar-refractivity contribution in [1.29, 1.82) is 0 Å². The van der Waals surface area contributed by atoms with E-state index in [2.05, 4.69) is 33.9 Å². The van der Waals surface area contributed by atoms with Crippen LogP contribution in [0, 0.1) is 0 Å². The van der Waals surface area contributed by atoms with E-state index in [1.54, 1.807) is 13.3 Å². The zero-order valence-corrected chi connectivity index (χ0v) is 20.9. The molecule has 0 amide bonds. The van der Waals surface area contributed by atoms with Gasteiger partial charge in [-0.25, -0.2) is 0 Å². The van der Waals surface area contributed by atoms with Crippen molar-refractivity contribution in [2.45, 2.75) is 79.5 Å². The summed E-state index contributed by atoms with van der Waals surface area (Å²) in [6, 6.07) is 10.0. The van der Waals surface area contributed by atoms with E-state index in [0.717, 1.165) is 0 Å². The number of benzene rings is 1. The molecule has 3 heteroatoms. The van der Waals surface area contributed by atoms with Gasteiger partial charge in [-0.1, -0.05) is 49.6 Å². The second-order valence-electron chi connectivity index (χ2n) is 6.74. The quantitative estimate of drug-likeness (QED) is 0.268. The van der Waals surface area contributed by atoms with Gasteiger partial charge in [0.1, 0.15) is 0 Å². The van der Waals surface area contributed by atoms with E-state index in [4.69, 9.17) is 0 Å². The second-order valence-corrected chi connectivity index (χ2v) is 15.3. The van der Waals surface area contributed by atoms with Crippen LogP contribution in [0.15, 0.2) is 49.1 Å². The number of unbranched alkanes of at least 4 members (excludes halogenated alkanes) is 3. The predicted octanol–water partition coefficient (Wildman–Crippen LogP) is 6.52. The summed E-state index contributed by atoms with van der Waals surface area (Å²) < 4.78 is 5.04. The van der Waals surface area contributed by atoms with Crippen LogP contribution in [-0.2, 0) is 4.79 Å². The molecule has 0 atom stereocenters. The molecule has 0 radical (unpaired) electrons. The van der Waals surface area contributed by atoms with E-state index in [9.17, 15) is 9.90 Å². The molecule has 0 saturated carbocycles. The molecule has 2 nitrogen and oxygen atoms in total. The molecule has 0 fully saturated rings. The van der Waals surface area contributed by atoms with Gasteiger partial charge in [-0.15, -0.1) is 0 Å². The first kappa shape index (κ1) is 28.2. The fourth-order valence-corrected chi connectivity index (χ4v) is 11.7. The Hall–Kier alpha value is -1.03. The van der Waals surface area contributed by atoms with Gasteiger partial charge in [-0.3, -0.25) is 0 Å². The summed E-state index contributed by atoms with van der Waals surface area (Å²) in [5.74, 6) is -1.19. The number of carboxylic acids is 1. The van der Waals surface area contributed by atoms with Gasteiger partial charge < -0.3 is 9.90 Å². The first-order valence-electron chi connectivity index (χ1n) is 10.3. The molecule has 0 aliphatic heterocycles. The van der Waals surface area contributed by atoms with E-state index >= 15 is 0 Å². The van der Waals surface area contributed by atoms with Crippen molar-refractivity contribution in [2.75, 3.05) is 0 Å².